The molecule has 4 rings (SSSR count). The van der Waals surface area contributed by atoms with Gasteiger partial charge >= 0.3 is 6.18 Å². The summed E-state index contributed by atoms with van der Waals surface area (Å²) in [5.74, 6) is 0. The number of benzene rings is 2. The van der Waals surface area contributed by atoms with E-state index >= 15 is 0 Å². The van der Waals surface area contributed by atoms with E-state index in [1.54, 1.807) is 0 Å². The highest BCUT2D eigenvalue weighted by Crippen LogP contribution is 2.48. The molecule has 0 aromatic heterocycles. The van der Waals surface area contributed by atoms with E-state index in [1.807, 2.05) is 12.1 Å². The third-order valence-corrected chi connectivity index (χ3v) is 7.20. The quantitative estimate of drug-likeness (QED) is 0.441. The van der Waals surface area contributed by atoms with E-state index < -0.39 is 11.7 Å². The molecule has 0 spiro atoms. The van der Waals surface area contributed by atoms with E-state index in [2.05, 4.69) is 17.0 Å². The lowest BCUT2D eigenvalue weighted by Gasteiger charge is -2.48. The Labute approximate surface area is 187 Å². The zero-order chi connectivity index (χ0) is 21.9. The largest absolute Gasteiger partial charge is 0.416 e. The first-order valence-corrected chi connectivity index (χ1v) is 11.5. The van der Waals surface area contributed by atoms with Gasteiger partial charge in [-0.15, -0.1) is 0 Å². The average molecular weight is 452 g/mol. The van der Waals surface area contributed by atoms with Gasteiger partial charge in [0.05, 0.1) is 18.9 Å². The fourth-order valence-electron chi connectivity index (χ4n) is 5.00. The van der Waals surface area contributed by atoms with Crippen molar-refractivity contribution in [1.29, 1.82) is 0 Å². The molecule has 0 N–H and O–H groups in total. The van der Waals surface area contributed by atoms with Gasteiger partial charge in [-0.3, -0.25) is 4.90 Å². The molecule has 31 heavy (non-hydrogen) atoms. The monoisotopic (exact) mass is 451 g/mol. The minimum atomic E-state index is -4.30. The minimum Gasteiger partial charge on any atom is -0.361 e. The summed E-state index contributed by atoms with van der Waals surface area (Å²) in [6.07, 6.45) is 4.07. The number of likely N-dealkylation sites (tertiary alicyclic amines) is 1. The van der Waals surface area contributed by atoms with Crippen molar-refractivity contribution in [2.24, 2.45) is 0 Å². The Hall–Kier alpha value is -1.56. The van der Waals surface area contributed by atoms with Crippen molar-refractivity contribution in [1.82, 2.24) is 4.90 Å². The predicted molar refractivity (Wildman–Crippen MR) is 117 cm³/mol. The SMILES string of the molecule is FC(F)(F)c1ccc(COCN2CCCCC2CC2(c3ccc(Cl)cc3)CCC2)cc1. The molecule has 1 aliphatic heterocycles. The van der Waals surface area contributed by atoms with Gasteiger partial charge in [0, 0.05) is 17.6 Å². The first-order valence-electron chi connectivity index (χ1n) is 11.1. The number of rotatable bonds is 7. The van der Waals surface area contributed by atoms with E-state index in [0.29, 0.717) is 19.4 Å². The lowest BCUT2D eigenvalue weighted by molar-refractivity contribution is -0.137. The maximum atomic E-state index is 12.7. The molecule has 2 aromatic rings. The Balaban J connectivity index is 1.35. The molecule has 1 atom stereocenters. The van der Waals surface area contributed by atoms with Gasteiger partial charge in [-0.2, -0.15) is 13.2 Å². The van der Waals surface area contributed by atoms with Crippen LogP contribution in [0.5, 0.6) is 0 Å². The van der Waals surface area contributed by atoms with E-state index in [-0.39, 0.29) is 5.41 Å². The van der Waals surface area contributed by atoms with Crippen LogP contribution in [-0.4, -0.2) is 24.2 Å². The third-order valence-electron chi connectivity index (χ3n) is 6.95. The van der Waals surface area contributed by atoms with Crippen LogP contribution in [0, 0.1) is 0 Å². The van der Waals surface area contributed by atoms with Crippen LogP contribution in [-0.2, 0) is 22.9 Å². The highest BCUT2D eigenvalue weighted by atomic mass is 35.5. The average Bonchev–Trinajstić information content (AvgIpc) is 2.72. The van der Waals surface area contributed by atoms with E-state index in [9.17, 15) is 13.2 Å². The number of piperidine rings is 1. The summed E-state index contributed by atoms with van der Waals surface area (Å²) >= 11 is 6.10. The lowest BCUT2D eigenvalue weighted by atomic mass is 9.61. The molecule has 1 heterocycles. The molecule has 168 valence electrons. The van der Waals surface area contributed by atoms with Gasteiger partial charge in [-0.25, -0.2) is 0 Å². The van der Waals surface area contributed by atoms with Gasteiger partial charge in [0.1, 0.15) is 0 Å². The topological polar surface area (TPSA) is 12.5 Å². The van der Waals surface area contributed by atoms with Crippen molar-refractivity contribution in [2.75, 3.05) is 13.3 Å². The first kappa shape index (κ1) is 22.6. The summed E-state index contributed by atoms with van der Waals surface area (Å²) in [6.45, 7) is 1.85. The van der Waals surface area contributed by atoms with Crippen LogP contribution in [0.25, 0.3) is 0 Å². The van der Waals surface area contributed by atoms with Crippen molar-refractivity contribution >= 4 is 11.6 Å². The van der Waals surface area contributed by atoms with Crippen LogP contribution in [0.1, 0.15) is 61.6 Å². The molecule has 2 fully saturated rings. The molecule has 1 unspecified atom stereocenters. The van der Waals surface area contributed by atoms with Crippen LogP contribution in [0.3, 0.4) is 0 Å². The van der Waals surface area contributed by atoms with Gasteiger partial charge in [0.25, 0.3) is 0 Å². The van der Waals surface area contributed by atoms with Crippen molar-refractivity contribution < 1.29 is 17.9 Å². The second-order valence-electron chi connectivity index (χ2n) is 8.98. The molecule has 1 saturated heterocycles. The highest BCUT2D eigenvalue weighted by molar-refractivity contribution is 6.30. The Bertz CT molecular complexity index is 847. The third kappa shape index (κ3) is 5.44. The molecular formula is C25H29ClF3NO. The van der Waals surface area contributed by atoms with Gasteiger partial charge in [-0.1, -0.05) is 48.7 Å². The summed E-state index contributed by atoms with van der Waals surface area (Å²) in [4.78, 5) is 2.42. The second-order valence-corrected chi connectivity index (χ2v) is 9.42. The number of nitrogens with zero attached hydrogens (tertiary/aromatic N) is 1. The first-order chi connectivity index (χ1) is 14.9. The van der Waals surface area contributed by atoms with Crippen LogP contribution in [0.2, 0.25) is 5.02 Å². The predicted octanol–water partition coefficient (Wildman–Crippen LogP) is 7.20. The minimum absolute atomic E-state index is 0.234. The van der Waals surface area contributed by atoms with Gasteiger partial charge in [0.15, 0.2) is 0 Å². The zero-order valence-electron chi connectivity index (χ0n) is 17.6. The van der Waals surface area contributed by atoms with Crippen LogP contribution in [0.4, 0.5) is 13.2 Å². The Morgan fingerprint density at radius 3 is 2.29 bits per heavy atom. The number of ether oxygens (including phenoxy) is 1. The van der Waals surface area contributed by atoms with Crippen molar-refractivity contribution in [2.45, 2.75) is 69.2 Å². The maximum Gasteiger partial charge on any atom is 0.416 e. The van der Waals surface area contributed by atoms with Gasteiger partial charge < -0.3 is 4.74 Å². The molecule has 0 amide bonds. The lowest BCUT2D eigenvalue weighted by Crippen LogP contribution is -2.47. The normalized spacial score (nSPS) is 21.6. The maximum absolute atomic E-state index is 12.7. The van der Waals surface area contributed by atoms with E-state index in [1.165, 1.54) is 49.8 Å². The molecular weight excluding hydrogens is 423 g/mol. The molecule has 6 heteroatoms. The summed E-state index contributed by atoms with van der Waals surface area (Å²) in [5.41, 5.74) is 1.76. The smallest absolute Gasteiger partial charge is 0.361 e. The standard InChI is InChI=1S/C25H29ClF3NO/c26-22-11-9-20(10-12-22)24(13-3-14-24)16-23-4-1-2-15-30(23)18-31-17-19-5-7-21(8-6-19)25(27,28)29/h5-12,23H,1-4,13-18H2. The summed E-state index contributed by atoms with van der Waals surface area (Å²) in [5, 5.41) is 0.772. The fraction of sp³-hybridized carbons (Fsp3) is 0.520. The number of halogens is 4. The molecule has 1 aliphatic carbocycles. The van der Waals surface area contributed by atoms with Crippen LogP contribution >= 0.6 is 11.6 Å². The van der Waals surface area contributed by atoms with E-state index in [0.717, 1.165) is 42.1 Å². The Kier molecular flexibility index (Phi) is 6.95. The zero-order valence-corrected chi connectivity index (χ0v) is 18.4. The molecule has 0 bridgehead atoms. The molecule has 0 radical (unpaired) electrons. The Morgan fingerprint density at radius 2 is 1.68 bits per heavy atom. The number of hydrogen-bond donors (Lipinski definition) is 0. The number of alkyl halides is 3. The number of hydrogen-bond acceptors (Lipinski definition) is 2. The van der Waals surface area contributed by atoms with Gasteiger partial charge in [-0.05, 0) is 72.9 Å². The van der Waals surface area contributed by atoms with Crippen LogP contribution in [0.15, 0.2) is 48.5 Å². The molecule has 1 saturated carbocycles. The summed E-state index contributed by atoms with van der Waals surface area (Å²) in [7, 11) is 0. The Morgan fingerprint density at radius 1 is 0.968 bits per heavy atom. The summed E-state index contributed by atoms with van der Waals surface area (Å²) < 4.78 is 44.1. The van der Waals surface area contributed by atoms with Crippen molar-refractivity contribution in [3.05, 3.63) is 70.2 Å². The van der Waals surface area contributed by atoms with E-state index in [4.69, 9.17) is 16.3 Å². The fourth-order valence-corrected chi connectivity index (χ4v) is 5.13. The van der Waals surface area contributed by atoms with Crippen molar-refractivity contribution in [3.63, 3.8) is 0 Å². The highest BCUT2D eigenvalue weighted by Gasteiger charge is 2.42. The second kappa shape index (κ2) is 9.51. The van der Waals surface area contributed by atoms with Gasteiger partial charge in [0.2, 0.25) is 0 Å². The molecule has 2 nitrogen and oxygen atoms in total. The van der Waals surface area contributed by atoms with Crippen LogP contribution < -0.4 is 0 Å². The molecule has 2 aliphatic rings. The molecule has 2 aromatic carbocycles. The van der Waals surface area contributed by atoms with Crippen molar-refractivity contribution in [3.8, 4) is 0 Å². The summed E-state index contributed by atoms with van der Waals surface area (Å²) in [6, 6.07) is 14.0.